The van der Waals surface area contributed by atoms with Crippen LogP contribution in [0.15, 0.2) is 42.5 Å². The molecule has 0 aromatic heterocycles. The van der Waals surface area contributed by atoms with Gasteiger partial charge in [-0.2, -0.15) is 0 Å². The Morgan fingerprint density at radius 2 is 1.73 bits per heavy atom. The van der Waals surface area contributed by atoms with Crippen molar-refractivity contribution in [1.82, 2.24) is 0 Å². The van der Waals surface area contributed by atoms with Crippen molar-refractivity contribution < 1.29 is 19.4 Å². The maximum Gasteiger partial charge on any atom is 0.185 e. The fourth-order valence-corrected chi connectivity index (χ4v) is 2.73. The molecule has 4 nitrogen and oxygen atoms in total. The number of benzene rings is 2. The first-order valence-corrected chi connectivity index (χ1v) is 9.02. The summed E-state index contributed by atoms with van der Waals surface area (Å²) >= 11 is 0. The minimum Gasteiger partial charge on any atom is -0.508 e. The molecule has 0 aliphatic rings. The molecule has 2 aromatic rings. The fourth-order valence-electron chi connectivity index (χ4n) is 2.73. The second kappa shape index (κ2) is 9.66. The van der Waals surface area contributed by atoms with E-state index in [4.69, 9.17) is 9.47 Å². The van der Waals surface area contributed by atoms with Gasteiger partial charge in [-0.25, -0.2) is 0 Å². The minimum atomic E-state index is -0.118. The van der Waals surface area contributed by atoms with E-state index in [1.807, 2.05) is 32.1 Å². The standard InChI is InChI=1S/C22H26O4/c1-4-7-20-17(14-19(25-5-2)15-22(20)26-6-3)10-13-21(24)16-8-11-18(23)12-9-16/h8-15,23H,4-7H2,1-3H3/b13-10+. The van der Waals surface area contributed by atoms with Gasteiger partial charge in [0, 0.05) is 17.2 Å². The van der Waals surface area contributed by atoms with Crippen LogP contribution >= 0.6 is 0 Å². The first kappa shape index (κ1) is 19.6. The molecule has 2 aromatic carbocycles. The van der Waals surface area contributed by atoms with Crippen LogP contribution < -0.4 is 9.47 Å². The first-order chi connectivity index (χ1) is 12.6. The van der Waals surface area contributed by atoms with Gasteiger partial charge in [-0.05, 0) is 62.2 Å². The topological polar surface area (TPSA) is 55.8 Å². The van der Waals surface area contributed by atoms with E-state index in [9.17, 15) is 9.90 Å². The van der Waals surface area contributed by atoms with Crippen molar-refractivity contribution in [2.75, 3.05) is 13.2 Å². The first-order valence-electron chi connectivity index (χ1n) is 9.02. The van der Waals surface area contributed by atoms with Crippen molar-refractivity contribution in [2.24, 2.45) is 0 Å². The summed E-state index contributed by atoms with van der Waals surface area (Å²) in [5, 5.41) is 9.35. The van der Waals surface area contributed by atoms with Crippen LogP contribution in [0.2, 0.25) is 0 Å². The van der Waals surface area contributed by atoms with Crippen LogP contribution in [-0.2, 0) is 6.42 Å². The lowest BCUT2D eigenvalue weighted by Crippen LogP contribution is -2.02. The number of ketones is 1. The largest absolute Gasteiger partial charge is 0.508 e. The summed E-state index contributed by atoms with van der Waals surface area (Å²) in [7, 11) is 0. The molecule has 0 radical (unpaired) electrons. The van der Waals surface area contributed by atoms with E-state index < -0.39 is 0 Å². The van der Waals surface area contributed by atoms with Crippen LogP contribution in [0, 0.1) is 0 Å². The van der Waals surface area contributed by atoms with Crippen molar-refractivity contribution in [3.63, 3.8) is 0 Å². The molecule has 0 saturated heterocycles. The summed E-state index contributed by atoms with van der Waals surface area (Å²) in [4.78, 5) is 12.4. The number of aromatic hydroxyl groups is 1. The molecule has 0 unspecified atom stereocenters. The predicted molar refractivity (Wildman–Crippen MR) is 104 cm³/mol. The van der Waals surface area contributed by atoms with Gasteiger partial charge in [0.25, 0.3) is 0 Å². The zero-order valence-electron chi connectivity index (χ0n) is 15.6. The van der Waals surface area contributed by atoms with Gasteiger partial charge in [-0.15, -0.1) is 0 Å². The van der Waals surface area contributed by atoms with Crippen LogP contribution in [0.1, 0.15) is 48.7 Å². The van der Waals surface area contributed by atoms with E-state index in [-0.39, 0.29) is 11.5 Å². The number of carbonyl (C=O) groups excluding carboxylic acids is 1. The van der Waals surface area contributed by atoms with Gasteiger partial charge in [-0.3, -0.25) is 4.79 Å². The maximum atomic E-state index is 12.4. The molecule has 1 N–H and O–H groups in total. The van der Waals surface area contributed by atoms with E-state index in [0.717, 1.165) is 35.5 Å². The SMILES string of the molecule is CCCc1c(/C=C/C(=O)c2ccc(O)cc2)cc(OCC)cc1OCC. The van der Waals surface area contributed by atoms with Gasteiger partial charge in [0.2, 0.25) is 0 Å². The molecule has 138 valence electrons. The zero-order valence-corrected chi connectivity index (χ0v) is 15.6. The van der Waals surface area contributed by atoms with E-state index in [2.05, 4.69) is 6.92 Å². The van der Waals surface area contributed by atoms with Gasteiger partial charge in [0.1, 0.15) is 17.2 Å². The van der Waals surface area contributed by atoms with Crippen LogP contribution in [0.25, 0.3) is 6.08 Å². The lowest BCUT2D eigenvalue weighted by Gasteiger charge is -2.15. The Kier molecular flexibility index (Phi) is 7.27. The molecule has 0 heterocycles. The summed E-state index contributed by atoms with van der Waals surface area (Å²) in [6.07, 6.45) is 5.19. The van der Waals surface area contributed by atoms with Crippen molar-refractivity contribution in [2.45, 2.75) is 33.6 Å². The molecule has 0 saturated carbocycles. The second-order valence-corrected chi connectivity index (χ2v) is 5.85. The van der Waals surface area contributed by atoms with Crippen LogP contribution in [-0.4, -0.2) is 24.1 Å². The molecule has 0 fully saturated rings. The zero-order chi connectivity index (χ0) is 18.9. The highest BCUT2D eigenvalue weighted by Gasteiger charge is 2.11. The lowest BCUT2D eigenvalue weighted by atomic mass is 10.00. The number of rotatable bonds is 9. The maximum absolute atomic E-state index is 12.4. The Hall–Kier alpha value is -2.75. The molecule has 0 bridgehead atoms. The summed E-state index contributed by atoms with van der Waals surface area (Å²) < 4.78 is 11.4. The van der Waals surface area contributed by atoms with Gasteiger partial charge in [0.05, 0.1) is 13.2 Å². The van der Waals surface area contributed by atoms with Crippen molar-refractivity contribution in [1.29, 1.82) is 0 Å². The number of phenolic OH excluding ortho intramolecular Hbond substituents is 1. The minimum absolute atomic E-state index is 0.118. The third kappa shape index (κ3) is 5.12. The highest BCUT2D eigenvalue weighted by atomic mass is 16.5. The van der Waals surface area contributed by atoms with Crippen LogP contribution in [0.5, 0.6) is 17.2 Å². The highest BCUT2D eigenvalue weighted by molar-refractivity contribution is 6.07. The van der Waals surface area contributed by atoms with E-state index in [1.54, 1.807) is 18.2 Å². The summed E-state index contributed by atoms with van der Waals surface area (Å²) in [5.74, 6) is 1.55. The molecule has 0 amide bonds. The Morgan fingerprint density at radius 1 is 1.04 bits per heavy atom. The number of carbonyl (C=O) groups is 1. The van der Waals surface area contributed by atoms with Gasteiger partial charge in [0.15, 0.2) is 5.78 Å². The quantitative estimate of drug-likeness (QED) is 0.506. The number of hydrogen-bond donors (Lipinski definition) is 1. The average molecular weight is 354 g/mol. The Morgan fingerprint density at radius 3 is 2.35 bits per heavy atom. The molecule has 0 aliphatic heterocycles. The monoisotopic (exact) mass is 354 g/mol. The molecule has 0 atom stereocenters. The van der Waals surface area contributed by atoms with E-state index in [0.29, 0.717) is 18.8 Å². The smallest absolute Gasteiger partial charge is 0.185 e. The summed E-state index contributed by atoms with van der Waals surface area (Å²) in [6.45, 7) is 7.13. The van der Waals surface area contributed by atoms with Gasteiger partial charge < -0.3 is 14.6 Å². The Bertz CT molecular complexity index is 760. The molecule has 4 heteroatoms. The van der Waals surface area contributed by atoms with Crippen molar-refractivity contribution in [3.05, 3.63) is 59.2 Å². The Labute approximate surface area is 155 Å². The Balaban J connectivity index is 2.38. The number of allylic oxidation sites excluding steroid dienone is 1. The number of hydrogen-bond acceptors (Lipinski definition) is 4. The lowest BCUT2D eigenvalue weighted by molar-refractivity contribution is 0.104. The van der Waals surface area contributed by atoms with E-state index >= 15 is 0 Å². The van der Waals surface area contributed by atoms with Crippen molar-refractivity contribution >= 4 is 11.9 Å². The highest BCUT2D eigenvalue weighted by Crippen LogP contribution is 2.31. The second-order valence-electron chi connectivity index (χ2n) is 5.85. The molecular weight excluding hydrogens is 328 g/mol. The van der Waals surface area contributed by atoms with E-state index in [1.165, 1.54) is 12.1 Å². The van der Waals surface area contributed by atoms with Gasteiger partial charge >= 0.3 is 0 Å². The summed E-state index contributed by atoms with van der Waals surface area (Å²) in [6, 6.07) is 10.1. The normalized spacial score (nSPS) is 10.9. The predicted octanol–water partition coefficient (Wildman–Crippen LogP) is 5.04. The fraction of sp³-hybridized carbons (Fsp3) is 0.318. The molecule has 2 rings (SSSR count). The molecule has 0 spiro atoms. The third-order valence-corrected chi connectivity index (χ3v) is 3.89. The third-order valence-electron chi connectivity index (χ3n) is 3.89. The summed E-state index contributed by atoms with van der Waals surface area (Å²) in [5.41, 5.74) is 2.53. The molecule has 0 aliphatic carbocycles. The van der Waals surface area contributed by atoms with Gasteiger partial charge in [-0.1, -0.05) is 19.4 Å². The molecular formula is C22H26O4. The van der Waals surface area contributed by atoms with Crippen LogP contribution in [0.3, 0.4) is 0 Å². The van der Waals surface area contributed by atoms with Crippen LogP contribution in [0.4, 0.5) is 0 Å². The number of phenols is 1. The number of ether oxygens (including phenoxy) is 2. The average Bonchev–Trinajstić information content (AvgIpc) is 2.63. The van der Waals surface area contributed by atoms with Crippen molar-refractivity contribution in [3.8, 4) is 17.2 Å². The molecule has 26 heavy (non-hydrogen) atoms.